The largest absolute Gasteiger partial charge is 0.352 e. The van der Waals surface area contributed by atoms with Crippen LogP contribution in [0.5, 0.6) is 0 Å². The fourth-order valence-electron chi connectivity index (χ4n) is 5.89. The number of nitrogens with one attached hydrogen (secondary N) is 1. The van der Waals surface area contributed by atoms with E-state index in [1.165, 1.54) is 0 Å². The molecule has 2 aromatic heterocycles. The molecular weight excluding hydrogens is 406 g/mol. The van der Waals surface area contributed by atoms with E-state index in [1.54, 1.807) is 17.6 Å². The molecule has 1 N–H and O–H groups in total. The van der Waals surface area contributed by atoms with Gasteiger partial charge in [-0.15, -0.1) is 0 Å². The van der Waals surface area contributed by atoms with Crippen molar-refractivity contribution in [3.63, 3.8) is 0 Å². The molecule has 32 heavy (non-hydrogen) atoms. The van der Waals surface area contributed by atoms with Crippen LogP contribution in [0.2, 0.25) is 0 Å². The average Bonchev–Trinajstić information content (AvgIpc) is 3.33. The van der Waals surface area contributed by atoms with Crippen molar-refractivity contribution >= 4 is 28.8 Å². The zero-order valence-corrected chi connectivity index (χ0v) is 19.3. The quantitative estimate of drug-likeness (QED) is 0.543. The molecule has 5 rings (SSSR count). The molecule has 2 amide bonds. The van der Waals surface area contributed by atoms with Crippen molar-refractivity contribution in [1.29, 1.82) is 0 Å². The summed E-state index contributed by atoms with van der Waals surface area (Å²) in [6, 6.07) is 0. The van der Waals surface area contributed by atoms with Crippen LogP contribution in [0.3, 0.4) is 0 Å². The van der Waals surface area contributed by atoms with Gasteiger partial charge in [0.15, 0.2) is 11.5 Å². The van der Waals surface area contributed by atoms with E-state index in [-0.39, 0.29) is 23.1 Å². The number of imidazole rings is 1. The summed E-state index contributed by atoms with van der Waals surface area (Å²) >= 11 is 0. The van der Waals surface area contributed by atoms with E-state index < -0.39 is 5.41 Å². The summed E-state index contributed by atoms with van der Waals surface area (Å²) in [7, 11) is 0. The van der Waals surface area contributed by atoms with Gasteiger partial charge in [-0.25, -0.2) is 15.0 Å². The number of aromatic nitrogens is 4. The highest BCUT2D eigenvalue weighted by molar-refractivity contribution is 6.03. The molecule has 0 spiro atoms. The first-order valence-corrected chi connectivity index (χ1v) is 11.8. The Balaban J connectivity index is 1.10. The van der Waals surface area contributed by atoms with Crippen LogP contribution in [0.4, 0.5) is 5.82 Å². The fraction of sp³-hybridized carbons (Fsp3) is 0.696. The van der Waals surface area contributed by atoms with Gasteiger partial charge in [0.1, 0.15) is 11.8 Å². The second-order valence-corrected chi connectivity index (χ2v) is 10.3. The van der Waals surface area contributed by atoms with E-state index in [9.17, 15) is 9.59 Å². The number of nitrogens with zero attached hydrogens (tertiary/aromatic N) is 6. The first-order chi connectivity index (χ1) is 15.3. The SMILES string of the molecule is CC1(C)[C@@H]2CC[C@@]1(C)C(=O)N(CCCCN1CCN(c3ncnc4nc[nH]c34)CC1)C2=O. The Morgan fingerprint density at radius 3 is 2.56 bits per heavy atom. The van der Waals surface area contributed by atoms with E-state index in [2.05, 4.69) is 50.5 Å². The van der Waals surface area contributed by atoms with Gasteiger partial charge in [0.05, 0.1) is 11.7 Å². The Morgan fingerprint density at radius 2 is 1.78 bits per heavy atom. The predicted molar refractivity (Wildman–Crippen MR) is 121 cm³/mol. The number of hydrogen-bond acceptors (Lipinski definition) is 7. The summed E-state index contributed by atoms with van der Waals surface area (Å²) < 4.78 is 0. The molecule has 3 fully saturated rings. The van der Waals surface area contributed by atoms with Gasteiger partial charge in [-0.1, -0.05) is 20.8 Å². The number of piperazine rings is 1. The molecule has 2 aromatic rings. The van der Waals surface area contributed by atoms with Crippen LogP contribution in [0.1, 0.15) is 46.5 Å². The highest BCUT2D eigenvalue weighted by Crippen LogP contribution is 2.60. The van der Waals surface area contributed by atoms with Crippen molar-refractivity contribution in [1.82, 2.24) is 29.7 Å². The normalized spacial score (nSPS) is 28.2. The molecule has 0 radical (unpaired) electrons. The molecule has 2 saturated heterocycles. The number of fused-ring (bicyclic) bond motifs is 3. The van der Waals surface area contributed by atoms with Gasteiger partial charge < -0.3 is 9.88 Å². The molecule has 172 valence electrons. The monoisotopic (exact) mass is 439 g/mol. The summed E-state index contributed by atoms with van der Waals surface area (Å²) in [6.07, 6.45) is 6.74. The van der Waals surface area contributed by atoms with Gasteiger partial charge in [0.2, 0.25) is 11.8 Å². The highest BCUT2D eigenvalue weighted by Gasteiger charge is 2.64. The summed E-state index contributed by atoms with van der Waals surface area (Å²) in [5.74, 6) is 1.00. The van der Waals surface area contributed by atoms with Crippen molar-refractivity contribution < 1.29 is 9.59 Å². The van der Waals surface area contributed by atoms with E-state index in [1.807, 2.05) is 0 Å². The number of piperidine rings is 1. The van der Waals surface area contributed by atoms with Crippen LogP contribution in [-0.2, 0) is 9.59 Å². The predicted octanol–water partition coefficient (Wildman–Crippen LogP) is 2.07. The first kappa shape index (κ1) is 21.3. The third-order valence-corrected chi connectivity index (χ3v) is 8.49. The summed E-state index contributed by atoms with van der Waals surface area (Å²) in [5, 5.41) is 0. The highest BCUT2D eigenvalue weighted by atomic mass is 16.2. The number of rotatable bonds is 6. The van der Waals surface area contributed by atoms with Crippen LogP contribution >= 0.6 is 0 Å². The number of carbonyl (C=O) groups excluding carboxylic acids is 2. The van der Waals surface area contributed by atoms with Crippen molar-refractivity contribution in [2.24, 2.45) is 16.7 Å². The maximum Gasteiger partial charge on any atom is 0.235 e. The minimum absolute atomic E-state index is 0.0126. The number of anilines is 1. The number of amides is 2. The lowest BCUT2D eigenvalue weighted by Crippen LogP contribution is -2.59. The third kappa shape index (κ3) is 3.20. The Morgan fingerprint density at radius 1 is 1.03 bits per heavy atom. The molecule has 2 atom stereocenters. The van der Waals surface area contributed by atoms with E-state index in [0.29, 0.717) is 12.2 Å². The number of H-pyrrole nitrogens is 1. The molecule has 2 aliphatic heterocycles. The smallest absolute Gasteiger partial charge is 0.235 e. The third-order valence-electron chi connectivity index (χ3n) is 8.49. The van der Waals surface area contributed by atoms with Crippen molar-refractivity contribution in [3.8, 4) is 0 Å². The molecule has 4 heterocycles. The lowest BCUT2D eigenvalue weighted by molar-refractivity contribution is -0.167. The maximum atomic E-state index is 13.1. The second-order valence-electron chi connectivity index (χ2n) is 10.3. The Bertz CT molecular complexity index is 1030. The zero-order chi connectivity index (χ0) is 22.5. The molecular formula is C23H33N7O2. The summed E-state index contributed by atoms with van der Waals surface area (Å²) in [6.45, 7) is 11.5. The van der Waals surface area contributed by atoms with Crippen LogP contribution in [-0.4, -0.2) is 80.8 Å². The Hall–Kier alpha value is -2.55. The average molecular weight is 440 g/mol. The maximum absolute atomic E-state index is 13.1. The number of unbranched alkanes of at least 4 members (excludes halogenated alkanes) is 1. The second kappa shape index (κ2) is 7.79. The van der Waals surface area contributed by atoms with Crippen molar-refractivity contribution in [3.05, 3.63) is 12.7 Å². The Kier molecular flexibility index (Phi) is 5.19. The first-order valence-electron chi connectivity index (χ1n) is 11.8. The standard InChI is InChI=1S/C23H33N7O2/c1-22(2)16-6-7-23(22,3)21(32)30(20(16)31)9-5-4-8-28-10-12-29(13-11-28)19-17-18(25-14-24-17)26-15-27-19/h14-16H,4-13H2,1-3H3,(H,24,25,26,27)/t16-,23+/m1/s1. The van der Waals surface area contributed by atoms with Gasteiger partial charge in [-0.2, -0.15) is 0 Å². The summed E-state index contributed by atoms with van der Waals surface area (Å²) in [5.41, 5.74) is 0.957. The zero-order valence-electron chi connectivity index (χ0n) is 19.3. The molecule has 0 aromatic carbocycles. The molecule has 1 saturated carbocycles. The topological polar surface area (TPSA) is 98.3 Å². The van der Waals surface area contributed by atoms with Gasteiger partial charge in [0, 0.05) is 38.6 Å². The molecule has 9 heteroatoms. The number of aromatic amines is 1. The van der Waals surface area contributed by atoms with Crippen LogP contribution in [0.25, 0.3) is 11.2 Å². The lowest BCUT2D eigenvalue weighted by atomic mass is 9.62. The van der Waals surface area contributed by atoms with Gasteiger partial charge in [-0.3, -0.25) is 19.4 Å². The van der Waals surface area contributed by atoms with Gasteiger partial charge in [0.25, 0.3) is 0 Å². The van der Waals surface area contributed by atoms with Crippen LogP contribution < -0.4 is 4.90 Å². The minimum atomic E-state index is -0.400. The van der Waals surface area contributed by atoms with E-state index in [4.69, 9.17) is 0 Å². The molecule has 0 unspecified atom stereocenters. The number of likely N-dealkylation sites (tertiary alicyclic amines) is 1. The minimum Gasteiger partial charge on any atom is -0.352 e. The van der Waals surface area contributed by atoms with E-state index >= 15 is 0 Å². The molecule has 9 nitrogen and oxygen atoms in total. The van der Waals surface area contributed by atoms with Gasteiger partial charge in [-0.05, 0) is 37.6 Å². The number of hydrogen-bond donors (Lipinski definition) is 1. The lowest BCUT2D eigenvalue weighted by Gasteiger charge is -2.47. The molecule has 1 aliphatic carbocycles. The van der Waals surface area contributed by atoms with Gasteiger partial charge >= 0.3 is 0 Å². The van der Waals surface area contributed by atoms with Crippen molar-refractivity contribution in [2.45, 2.75) is 46.5 Å². The van der Waals surface area contributed by atoms with Crippen LogP contribution in [0.15, 0.2) is 12.7 Å². The number of imide groups is 1. The Labute approximate surface area is 188 Å². The fourth-order valence-corrected chi connectivity index (χ4v) is 5.89. The number of carbonyl (C=O) groups is 2. The molecule has 2 bridgehead atoms. The molecule has 3 aliphatic rings. The van der Waals surface area contributed by atoms with Crippen molar-refractivity contribution in [2.75, 3.05) is 44.2 Å². The van der Waals surface area contributed by atoms with Crippen LogP contribution in [0, 0.1) is 16.7 Å². The van der Waals surface area contributed by atoms with E-state index in [0.717, 1.165) is 69.7 Å². The summed E-state index contributed by atoms with van der Waals surface area (Å²) in [4.78, 5) is 48.4.